The molecule has 5 rings (SSSR count). The molecule has 3 aliphatic carbocycles. The lowest BCUT2D eigenvalue weighted by Gasteiger charge is -2.62. The lowest BCUT2D eigenvalue weighted by Crippen LogP contribution is -2.63. The van der Waals surface area contributed by atoms with Crippen molar-refractivity contribution in [2.75, 3.05) is 6.61 Å². The lowest BCUT2D eigenvalue weighted by molar-refractivity contribution is -0.111. The van der Waals surface area contributed by atoms with Gasteiger partial charge in [0.1, 0.15) is 0 Å². The molecule has 1 unspecified atom stereocenters. The molecule has 4 aliphatic rings. The fourth-order valence-electron chi connectivity index (χ4n) is 4.72. The van der Waals surface area contributed by atoms with E-state index < -0.39 is 10.0 Å². The Hall–Kier alpha value is -0.910. The number of rotatable bonds is 5. The smallest absolute Gasteiger partial charge is 0.240 e. The first-order chi connectivity index (χ1) is 10.9. The Balaban J connectivity index is 1.58. The molecule has 23 heavy (non-hydrogen) atoms. The molecule has 0 aromatic heterocycles. The first-order valence-electron chi connectivity index (χ1n) is 8.57. The van der Waals surface area contributed by atoms with Crippen LogP contribution in [0.15, 0.2) is 35.2 Å². The SMILES string of the molecule is CC1(C)[C@H]2C[C@@H](CC3CO3)[C@H](NS(=O)(=O)c3ccccc3)[C@@H]1C2. The maximum Gasteiger partial charge on any atom is 0.240 e. The molecule has 5 atom stereocenters. The van der Waals surface area contributed by atoms with Crippen LogP contribution in [-0.4, -0.2) is 27.2 Å². The summed E-state index contributed by atoms with van der Waals surface area (Å²) in [6.45, 7) is 5.42. The van der Waals surface area contributed by atoms with E-state index in [9.17, 15) is 8.42 Å². The van der Waals surface area contributed by atoms with Gasteiger partial charge in [-0.3, -0.25) is 0 Å². The van der Waals surface area contributed by atoms with Crippen molar-refractivity contribution in [2.24, 2.45) is 23.2 Å². The molecule has 1 aromatic carbocycles. The van der Waals surface area contributed by atoms with Gasteiger partial charge in [-0.05, 0) is 54.6 Å². The van der Waals surface area contributed by atoms with Crippen LogP contribution < -0.4 is 4.72 Å². The summed E-state index contributed by atoms with van der Waals surface area (Å²) in [6, 6.07) is 8.75. The Morgan fingerprint density at radius 2 is 1.91 bits per heavy atom. The van der Waals surface area contributed by atoms with Gasteiger partial charge in [-0.25, -0.2) is 13.1 Å². The second kappa shape index (κ2) is 5.30. The van der Waals surface area contributed by atoms with Gasteiger partial charge in [-0.1, -0.05) is 32.0 Å². The maximum atomic E-state index is 12.8. The van der Waals surface area contributed by atoms with E-state index in [1.807, 2.05) is 6.07 Å². The zero-order valence-electron chi connectivity index (χ0n) is 13.7. The van der Waals surface area contributed by atoms with Crippen molar-refractivity contribution in [3.8, 4) is 0 Å². The zero-order chi connectivity index (χ0) is 16.2. The summed E-state index contributed by atoms with van der Waals surface area (Å²) >= 11 is 0. The molecular weight excluding hydrogens is 310 g/mol. The average molecular weight is 335 g/mol. The Morgan fingerprint density at radius 1 is 1.22 bits per heavy atom. The average Bonchev–Trinajstić information content (AvgIpc) is 3.33. The van der Waals surface area contributed by atoms with Gasteiger partial charge < -0.3 is 4.74 Å². The van der Waals surface area contributed by atoms with Crippen LogP contribution in [0, 0.1) is 23.2 Å². The highest BCUT2D eigenvalue weighted by molar-refractivity contribution is 7.89. The van der Waals surface area contributed by atoms with Gasteiger partial charge >= 0.3 is 0 Å². The largest absolute Gasteiger partial charge is 0.373 e. The quantitative estimate of drug-likeness (QED) is 0.842. The molecule has 0 amide bonds. The molecule has 1 aliphatic heterocycles. The summed E-state index contributed by atoms with van der Waals surface area (Å²) in [5.74, 6) is 1.56. The number of ether oxygens (including phenoxy) is 1. The summed E-state index contributed by atoms with van der Waals surface area (Å²) in [5.41, 5.74) is 0.241. The summed E-state index contributed by atoms with van der Waals surface area (Å²) in [5, 5.41) is 0. The van der Waals surface area contributed by atoms with Crippen molar-refractivity contribution in [3.05, 3.63) is 30.3 Å². The molecule has 2 bridgehead atoms. The number of sulfonamides is 1. The van der Waals surface area contributed by atoms with E-state index in [2.05, 4.69) is 18.6 Å². The van der Waals surface area contributed by atoms with Crippen LogP contribution in [0.25, 0.3) is 0 Å². The second-order valence-corrected chi connectivity index (χ2v) is 9.72. The number of fused-ring (bicyclic) bond motifs is 2. The minimum Gasteiger partial charge on any atom is -0.373 e. The fraction of sp³-hybridized carbons (Fsp3) is 0.667. The monoisotopic (exact) mass is 335 g/mol. The predicted molar refractivity (Wildman–Crippen MR) is 88.4 cm³/mol. The summed E-state index contributed by atoms with van der Waals surface area (Å²) in [6.07, 6.45) is 3.61. The molecule has 5 heteroatoms. The van der Waals surface area contributed by atoms with Gasteiger partial charge in [0.15, 0.2) is 0 Å². The second-order valence-electron chi connectivity index (χ2n) is 8.01. The van der Waals surface area contributed by atoms with Crippen molar-refractivity contribution in [1.29, 1.82) is 0 Å². The van der Waals surface area contributed by atoms with E-state index in [4.69, 9.17) is 4.74 Å². The van der Waals surface area contributed by atoms with E-state index in [1.165, 1.54) is 0 Å². The number of hydrogen-bond acceptors (Lipinski definition) is 3. The molecule has 4 fully saturated rings. The van der Waals surface area contributed by atoms with Crippen molar-refractivity contribution < 1.29 is 13.2 Å². The minimum atomic E-state index is -3.46. The zero-order valence-corrected chi connectivity index (χ0v) is 14.6. The molecule has 0 radical (unpaired) electrons. The Morgan fingerprint density at radius 3 is 2.52 bits per heavy atom. The third-order valence-corrected chi connectivity index (χ3v) is 7.86. The summed E-state index contributed by atoms with van der Waals surface area (Å²) in [7, 11) is -3.46. The normalized spacial score (nSPS) is 37.9. The number of nitrogens with one attached hydrogen (secondary N) is 1. The first-order valence-corrected chi connectivity index (χ1v) is 10.1. The Labute approximate surface area is 138 Å². The van der Waals surface area contributed by atoms with Crippen LogP contribution >= 0.6 is 0 Å². The molecular formula is C18H25NO3S. The van der Waals surface area contributed by atoms with Gasteiger partial charge in [0, 0.05) is 6.04 Å². The number of benzene rings is 1. The molecule has 1 saturated heterocycles. The van der Waals surface area contributed by atoms with Crippen LogP contribution in [0.4, 0.5) is 0 Å². The molecule has 1 heterocycles. The van der Waals surface area contributed by atoms with Gasteiger partial charge in [-0.15, -0.1) is 0 Å². The van der Waals surface area contributed by atoms with Crippen LogP contribution in [0.1, 0.15) is 33.1 Å². The van der Waals surface area contributed by atoms with E-state index >= 15 is 0 Å². The summed E-state index contributed by atoms with van der Waals surface area (Å²) in [4.78, 5) is 0.362. The molecule has 4 nitrogen and oxygen atoms in total. The van der Waals surface area contributed by atoms with E-state index in [0.717, 1.165) is 31.8 Å². The van der Waals surface area contributed by atoms with Crippen molar-refractivity contribution in [1.82, 2.24) is 4.72 Å². The standard InChI is InChI=1S/C18H25NO3S/c1-18(2)13-8-12(9-14-11-22-14)17(16(18)10-13)19-23(20,21)15-6-4-3-5-7-15/h3-7,12-14,16-17,19H,8-11H2,1-2H3/t12-,13-,14?,16-,17-/m0/s1. The Kier molecular flexibility index (Phi) is 3.59. The van der Waals surface area contributed by atoms with Crippen molar-refractivity contribution in [2.45, 2.75) is 50.2 Å². The van der Waals surface area contributed by atoms with Crippen LogP contribution in [0.3, 0.4) is 0 Å². The topological polar surface area (TPSA) is 58.7 Å². The van der Waals surface area contributed by atoms with E-state index in [1.54, 1.807) is 24.3 Å². The van der Waals surface area contributed by atoms with Gasteiger partial charge in [0.2, 0.25) is 10.0 Å². The van der Waals surface area contributed by atoms with Crippen molar-refractivity contribution in [3.63, 3.8) is 0 Å². The molecule has 0 spiro atoms. The first kappa shape index (κ1) is 15.6. The molecule has 3 saturated carbocycles. The van der Waals surface area contributed by atoms with Crippen LogP contribution in [0.5, 0.6) is 0 Å². The number of epoxide rings is 1. The van der Waals surface area contributed by atoms with Gasteiger partial charge in [0.25, 0.3) is 0 Å². The fourth-order valence-corrected chi connectivity index (χ4v) is 6.08. The highest BCUT2D eigenvalue weighted by atomic mass is 32.2. The van der Waals surface area contributed by atoms with E-state index in [0.29, 0.717) is 22.8 Å². The van der Waals surface area contributed by atoms with Gasteiger partial charge in [-0.2, -0.15) is 0 Å². The lowest BCUT2D eigenvalue weighted by atomic mass is 9.45. The van der Waals surface area contributed by atoms with Crippen molar-refractivity contribution >= 4 is 10.0 Å². The minimum absolute atomic E-state index is 0.0319. The summed E-state index contributed by atoms with van der Waals surface area (Å²) < 4.78 is 34.0. The van der Waals surface area contributed by atoms with Crippen LogP contribution in [-0.2, 0) is 14.8 Å². The third kappa shape index (κ3) is 2.73. The molecule has 1 aromatic rings. The van der Waals surface area contributed by atoms with E-state index in [-0.39, 0.29) is 11.5 Å². The molecule has 1 N–H and O–H groups in total. The third-order valence-electron chi connectivity index (χ3n) is 6.39. The highest BCUT2D eigenvalue weighted by Crippen LogP contribution is 2.61. The van der Waals surface area contributed by atoms with Gasteiger partial charge in [0.05, 0.1) is 17.6 Å². The predicted octanol–water partition coefficient (Wildman–Crippen LogP) is 2.80. The number of hydrogen-bond donors (Lipinski definition) is 1. The Bertz CT molecular complexity index is 681. The molecule has 126 valence electrons. The van der Waals surface area contributed by atoms with Crippen LogP contribution in [0.2, 0.25) is 0 Å². The highest BCUT2D eigenvalue weighted by Gasteiger charge is 2.58. The maximum absolute atomic E-state index is 12.8.